The summed E-state index contributed by atoms with van der Waals surface area (Å²) in [5.74, 6) is 0.165. The number of tetrazole rings is 1. The largest absolute Gasteiger partial charge is 0.385 e. The molecule has 0 aliphatic heterocycles. The van der Waals surface area contributed by atoms with Crippen molar-refractivity contribution in [3.05, 3.63) is 65.7 Å². The van der Waals surface area contributed by atoms with Crippen molar-refractivity contribution in [2.24, 2.45) is 0 Å². The van der Waals surface area contributed by atoms with Crippen LogP contribution in [0.5, 0.6) is 0 Å². The maximum absolute atomic E-state index is 13.3. The number of fused-ring (bicyclic) bond motifs is 1. The van der Waals surface area contributed by atoms with Crippen LogP contribution in [0.15, 0.2) is 55.1 Å². The van der Waals surface area contributed by atoms with Gasteiger partial charge in [-0.05, 0) is 60.4 Å². The predicted molar refractivity (Wildman–Crippen MR) is 137 cm³/mol. The highest BCUT2D eigenvalue weighted by atomic mass is 35.5. The predicted octanol–water partition coefficient (Wildman–Crippen LogP) is 4.13. The molecule has 1 fully saturated rings. The zero-order valence-corrected chi connectivity index (χ0v) is 20.8. The second-order valence-corrected chi connectivity index (χ2v) is 9.36. The summed E-state index contributed by atoms with van der Waals surface area (Å²) >= 11 is 6.41. The van der Waals surface area contributed by atoms with Crippen LogP contribution in [0.4, 0.5) is 5.69 Å². The first-order valence-corrected chi connectivity index (χ1v) is 12.4. The molecule has 12 heteroatoms. The van der Waals surface area contributed by atoms with Crippen LogP contribution >= 0.6 is 11.6 Å². The summed E-state index contributed by atoms with van der Waals surface area (Å²) in [5.41, 5.74) is 4.16. The summed E-state index contributed by atoms with van der Waals surface area (Å²) < 4.78 is 8.66. The van der Waals surface area contributed by atoms with E-state index in [2.05, 4.69) is 30.9 Å². The number of nitrogens with one attached hydrogen (secondary N) is 1. The molecule has 5 aromatic rings. The molecule has 1 saturated carbocycles. The fourth-order valence-electron chi connectivity index (χ4n) is 4.09. The molecular formula is C25H24ClN9O2. The van der Waals surface area contributed by atoms with Crippen molar-refractivity contribution in [1.82, 2.24) is 39.6 Å². The molecule has 0 atom stereocenters. The highest BCUT2D eigenvalue weighted by molar-refractivity contribution is 6.34. The van der Waals surface area contributed by atoms with Gasteiger partial charge in [0.1, 0.15) is 0 Å². The summed E-state index contributed by atoms with van der Waals surface area (Å²) in [7, 11) is 1.69. The number of nitrogens with zero attached hydrogens (tertiary/aromatic N) is 8. The summed E-state index contributed by atoms with van der Waals surface area (Å²) in [6, 6.07) is 9.48. The van der Waals surface area contributed by atoms with Gasteiger partial charge in [-0.1, -0.05) is 11.6 Å². The third-order valence-corrected chi connectivity index (χ3v) is 6.57. The third-order valence-electron chi connectivity index (χ3n) is 6.24. The van der Waals surface area contributed by atoms with Gasteiger partial charge in [0.25, 0.3) is 5.91 Å². The van der Waals surface area contributed by atoms with Gasteiger partial charge in [0.15, 0.2) is 0 Å². The lowest BCUT2D eigenvalue weighted by Gasteiger charge is -2.08. The molecule has 0 bridgehead atoms. The highest BCUT2D eigenvalue weighted by Gasteiger charge is 2.26. The van der Waals surface area contributed by atoms with Gasteiger partial charge in [-0.3, -0.25) is 9.48 Å². The monoisotopic (exact) mass is 517 g/mol. The van der Waals surface area contributed by atoms with E-state index in [4.69, 9.17) is 16.3 Å². The van der Waals surface area contributed by atoms with E-state index in [1.807, 2.05) is 41.5 Å². The Balaban J connectivity index is 1.24. The van der Waals surface area contributed by atoms with Crippen LogP contribution in [0.3, 0.4) is 0 Å². The molecular weight excluding hydrogens is 494 g/mol. The Kier molecular flexibility index (Phi) is 6.15. The Morgan fingerprint density at radius 1 is 1.14 bits per heavy atom. The number of aromatic nitrogens is 8. The first-order valence-electron chi connectivity index (χ1n) is 12.0. The van der Waals surface area contributed by atoms with Crippen molar-refractivity contribution < 1.29 is 9.53 Å². The van der Waals surface area contributed by atoms with Crippen molar-refractivity contribution in [2.75, 3.05) is 19.0 Å². The van der Waals surface area contributed by atoms with E-state index in [0.29, 0.717) is 40.3 Å². The van der Waals surface area contributed by atoms with E-state index in [9.17, 15) is 4.79 Å². The Labute approximate surface area is 217 Å². The minimum absolute atomic E-state index is 0.323. The lowest BCUT2D eigenvalue weighted by atomic mass is 10.1. The first-order chi connectivity index (χ1) is 18.1. The van der Waals surface area contributed by atoms with E-state index in [1.54, 1.807) is 34.8 Å². The average Bonchev–Trinajstić information content (AvgIpc) is 3.29. The summed E-state index contributed by atoms with van der Waals surface area (Å²) in [6.07, 6.45) is 10.2. The number of amides is 1. The molecule has 1 N–H and O–H groups in total. The maximum Gasteiger partial charge on any atom is 0.259 e. The van der Waals surface area contributed by atoms with Gasteiger partial charge in [0.05, 0.1) is 40.2 Å². The van der Waals surface area contributed by atoms with Crippen LogP contribution < -0.4 is 5.32 Å². The van der Waals surface area contributed by atoms with Crippen LogP contribution in [0.2, 0.25) is 5.02 Å². The van der Waals surface area contributed by atoms with Gasteiger partial charge in [0.2, 0.25) is 5.82 Å². The van der Waals surface area contributed by atoms with Crippen molar-refractivity contribution >= 4 is 28.7 Å². The molecule has 6 rings (SSSR count). The topological polar surface area (TPSA) is 117 Å². The number of hydrogen-bond donors (Lipinski definition) is 1. The van der Waals surface area contributed by atoms with Gasteiger partial charge < -0.3 is 10.1 Å². The molecule has 0 saturated heterocycles. The number of carbonyl (C=O) groups is 1. The molecule has 4 aromatic heterocycles. The van der Waals surface area contributed by atoms with Crippen LogP contribution in [-0.2, 0) is 11.3 Å². The smallest absolute Gasteiger partial charge is 0.259 e. The van der Waals surface area contributed by atoms with E-state index >= 15 is 0 Å². The Morgan fingerprint density at radius 3 is 2.86 bits per heavy atom. The quantitative estimate of drug-likeness (QED) is 0.292. The van der Waals surface area contributed by atoms with Gasteiger partial charge in [-0.25, -0.2) is 4.52 Å². The van der Waals surface area contributed by atoms with E-state index in [0.717, 1.165) is 42.5 Å². The van der Waals surface area contributed by atoms with Crippen LogP contribution in [0.1, 0.15) is 35.7 Å². The van der Waals surface area contributed by atoms with E-state index in [-0.39, 0.29) is 5.91 Å². The molecule has 1 amide bonds. The minimum Gasteiger partial charge on any atom is -0.385 e. The second-order valence-electron chi connectivity index (χ2n) is 8.96. The van der Waals surface area contributed by atoms with Gasteiger partial charge in [-0.15, -0.1) is 10.2 Å². The van der Waals surface area contributed by atoms with Crippen molar-refractivity contribution in [3.63, 3.8) is 0 Å². The van der Waals surface area contributed by atoms with E-state index < -0.39 is 0 Å². The van der Waals surface area contributed by atoms with Crippen LogP contribution in [0, 0.1) is 0 Å². The number of rotatable bonds is 9. The fraction of sp³-hybridized carbons (Fsp3) is 0.280. The summed E-state index contributed by atoms with van der Waals surface area (Å²) in [4.78, 5) is 14.9. The number of hydrogen-bond acceptors (Lipinski definition) is 7. The summed E-state index contributed by atoms with van der Waals surface area (Å²) in [5, 5.41) is 24.8. The van der Waals surface area contributed by atoms with Crippen molar-refractivity contribution in [2.45, 2.75) is 31.8 Å². The van der Waals surface area contributed by atoms with Gasteiger partial charge >= 0.3 is 0 Å². The third kappa shape index (κ3) is 4.83. The lowest BCUT2D eigenvalue weighted by Crippen LogP contribution is -2.12. The molecule has 0 spiro atoms. The number of halogens is 1. The molecule has 11 nitrogen and oxygen atoms in total. The SMILES string of the molecule is COCCCn1cc(-c2ccn3ncc(C(=O)Nc4cc(-c5nnn(C6CC6)n5)ccc4Cl)c3c2)cn1. The molecule has 1 aliphatic carbocycles. The van der Waals surface area contributed by atoms with Crippen molar-refractivity contribution in [3.8, 4) is 22.5 Å². The average molecular weight is 518 g/mol. The number of benzene rings is 1. The standard InChI is InChI=1S/C25H24ClN9O2/c1-37-10-2-8-33-15-18(13-27-33)16-7-9-34-23(12-16)20(14-28-34)25(36)29-22-11-17(3-6-21(22)26)24-30-32-35(31-24)19-4-5-19/h3,6-7,9,11-15,19H,2,4-5,8,10H2,1H3,(H,29,36). The fourth-order valence-corrected chi connectivity index (χ4v) is 4.26. The highest BCUT2D eigenvalue weighted by Crippen LogP contribution is 2.34. The Morgan fingerprint density at radius 2 is 2.03 bits per heavy atom. The Bertz CT molecular complexity index is 1580. The number of ether oxygens (including phenoxy) is 1. The van der Waals surface area contributed by atoms with Crippen LogP contribution in [-0.4, -0.2) is 59.2 Å². The first kappa shape index (κ1) is 23.3. The molecule has 0 unspecified atom stereocenters. The van der Waals surface area contributed by atoms with Crippen molar-refractivity contribution in [1.29, 1.82) is 0 Å². The second kappa shape index (κ2) is 9.75. The molecule has 37 heavy (non-hydrogen) atoms. The molecule has 4 heterocycles. The van der Waals surface area contributed by atoms with E-state index in [1.165, 1.54) is 0 Å². The Hall–Kier alpha value is -4.09. The maximum atomic E-state index is 13.3. The molecule has 1 aliphatic rings. The minimum atomic E-state index is -0.323. The zero-order chi connectivity index (χ0) is 25.4. The van der Waals surface area contributed by atoms with Gasteiger partial charge in [-0.2, -0.15) is 15.0 Å². The lowest BCUT2D eigenvalue weighted by molar-refractivity contribution is 0.102. The van der Waals surface area contributed by atoms with Gasteiger partial charge in [0, 0.05) is 43.8 Å². The number of aryl methyl sites for hydroxylation is 1. The molecule has 188 valence electrons. The zero-order valence-electron chi connectivity index (χ0n) is 20.1. The molecule has 1 aromatic carbocycles. The number of carbonyl (C=O) groups excluding carboxylic acids is 1. The number of anilines is 1. The number of methoxy groups -OCH3 is 1. The summed E-state index contributed by atoms with van der Waals surface area (Å²) in [6.45, 7) is 1.45. The van der Waals surface area contributed by atoms with Crippen LogP contribution in [0.25, 0.3) is 28.0 Å². The molecule has 0 radical (unpaired) electrons. The normalized spacial score (nSPS) is 13.4. The number of pyridine rings is 1.